The highest BCUT2D eigenvalue weighted by Gasteiger charge is 2.35. The molecule has 0 aliphatic carbocycles. The van der Waals surface area contributed by atoms with Crippen molar-refractivity contribution in [3.05, 3.63) is 0 Å². The van der Waals surface area contributed by atoms with Crippen LogP contribution in [0.3, 0.4) is 0 Å². The van der Waals surface area contributed by atoms with Gasteiger partial charge >= 0.3 is 12.1 Å². The Morgan fingerprint density at radius 2 is 1.52 bits per heavy atom. The van der Waals surface area contributed by atoms with Gasteiger partial charge in [-0.3, -0.25) is 14.5 Å². The maximum atomic E-state index is 12.4. The van der Waals surface area contributed by atoms with Crippen molar-refractivity contribution >= 4 is 17.8 Å². The zero-order chi connectivity index (χ0) is 17.8. The Balaban J connectivity index is 2.72. The van der Waals surface area contributed by atoms with Gasteiger partial charge in [0, 0.05) is 6.54 Å². The summed E-state index contributed by atoms with van der Waals surface area (Å²) >= 11 is 0. The summed E-state index contributed by atoms with van der Waals surface area (Å²) in [6.45, 7) is 11.1. The van der Waals surface area contributed by atoms with Gasteiger partial charge in [0.2, 0.25) is 0 Å². The van der Waals surface area contributed by atoms with Gasteiger partial charge in [-0.1, -0.05) is 0 Å². The van der Waals surface area contributed by atoms with E-state index in [0.29, 0.717) is 13.0 Å². The molecule has 0 unspecified atom stereocenters. The minimum absolute atomic E-state index is 0.287. The van der Waals surface area contributed by atoms with Crippen molar-refractivity contribution in [2.45, 2.75) is 84.5 Å². The lowest BCUT2D eigenvalue weighted by Crippen LogP contribution is -2.50. The first kappa shape index (κ1) is 19.5. The van der Waals surface area contributed by atoms with Crippen molar-refractivity contribution in [1.29, 1.82) is 0 Å². The van der Waals surface area contributed by atoms with Gasteiger partial charge in [-0.2, -0.15) is 0 Å². The van der Waals surface area contributed by atoms with Crippen LogP contribution >= 0.6 is 0 Å². The summed E-state index contributed by atoms with van der Waals surface area (Å²) < 4.78 is 10.5. The molecule has 1 saturated heterocycles. The van der Waals surface area contributed by atoms with Crippen molar-refractivity contribution < 1.29 is 23.9 Å². The minimum atomic E-state index is -0.630. The average Bonchev–Trinajstić information content (AvgIpc) is 2.34. The van der Waals surface area contributed by atoms with Crippen LogP contribution in [0.5, 0.6) is 0 Å². The van der Waals surface area contributed by atoms with E-state index in [1.165, 1.54) is 4.90 Å². The summed E-state index contributed by atoms with van der Waals surface area (Å²) in [6, 6.07) is -0.605. The number of ether oxygens (including phenoxy) is 2. The molecule has 1 atom stereocenters. The molecule has 1 heterocycles. The molecule has 0 bridgehead atoms. The van der Waals surface area contributed by atoms with E-state index in [1.54, 1.807) is 41.5 Å². The summed E-state index contributed by atoms with van der Waals surface area (Å²) in [5.41, 5.74) is -1.25. The number of likely N-dealkylation sites (tertiary alicyclic amines) is 1. The predicted molar refractivity (Wildman–Crippen MR) is 86.0 cm³/mol. The van der Waals surface area contributed by atoms with Gasteiger partial charge in [0.25, 0.3) is 0 Å². The maximum Gasteiger partial charge on any atom is 0.410 e. The molecule has 1 fully saturated rings. The van der Waals surface area contributed by atoms with Crippen molar-refractivity contribution in [3.63, 3.8) is 0 Å². The van der Waals surface area contributed by atoms with Crippen LogP contribution in [-0.4, -0.2) is 46.5 Å². The van der Waals surface area contributed by atoms with Crippen LogP contribution in [0.25, 0.3) is 0 Å². The zero-order valence-corrected chi connectivity index (χ0v) is 15.1. The van der Waals surface area contributed by atoms with Crippen LogP contribution in [0, 0.1) is 0 Å². The molecular weight excluding hydrogens is 298 g/mol. The van der Waals surface area contributed by atoms with Crippen LogP contribution in [0.4, 0.5) is 4.79 Å². The molecule has 6 heteroatoms. The van der Waals surface area contributed by atoms with Gasteiger partial charge in [0.1, 0.15) is 17.6 Å². The largest absolute Gasteiger partial charge is 0.460 e. The number of carbonyl (C=O) groups excluding carboxylic acids is 3. The number of carbonyl (C=O) groups is 3. The van der Waals surface area contributed by atoms with Crippen LogP contribution in [-0.2, 0) is 19.1 Å². The van der Waals surface area contributed by atoms with Crippen molar-refractivity contribution in [1.82, 2.24) is 4.90 Å². The summed E-state index contributed by atoms with van der Waals surface area (Å²) in [5.74, 6) is -0.845. The van der Waals surface area contributed by atoms with Crippen molar-refractivity contribution in [3.8, 4) is 0 Å². The first-order valence-corrected chi connectivity index (χ1v) is 8.13. The highest BCUT2D eigenvalue weighted by atomic mass is 16.6. The molecule has 0 aromatic carbocycles. The zero-order valence-electron chi connectivity index (χ0n) is 15.1. The van der Waals surface area contributed by atoms with E-state index in [-0.39, 0.29) is 12.2 Å². The highest BCUT2D eigenvalue weighted by molar-refractivity contribution is 5.99. The van der Waals surface area contributed by atoms with E-state index < -0.39 is 29.3 Å². The fourth-order valence-electron chi connectivity index (χ4n) is 2.44. The molecule has 132 valence electrons. The van der Waals surface area contributed by atoms with E-state index in [0.717, 1.165) is 12.8 Å². The Hall–Kier alpha value is -1.59. The molecule has 0 saturated carbocycles. The molecule has 0 radical (unpaired) electrons. The predicted octanol–water partition coefficient (Wildman–Crippen LogP) is 3.08. The van der Waals surface area contributed by atoms with Crippen molar-refractivity contribution in [2.75, 3.05) is 6.54 Å². The Kier molecular flexibility index (Phi) is 6.19. The number of hydrogen-bond acceptors (Lipinski definition) is 5. The van der Waals surface area contributed by atoms with Crippen LogP contribution < -0.4 is 0 Å². The van der Waals surface area contributed by atoms with Gasteiger partial charge in [-0.25, -0.2) is 4.79 Å². The van der Waals surface area contributed by atoms with E-state index in [4.69, 9.17) is 9.47 Å². The van der Waals surface area contributed by atoms with Gasteiger partial charge in [-0.05, 0) is 60.8 Å². The van der Waals surface area contributed by atoms with E-state index in [2.05, 4.69) is 0 Å². The number of rotatable bonds is 3. The molecule has 0 N–H and O–H groups in total. The second kappa shape index (κ2) is 7.32. The Bertz CT molecular complexity index is 459. The fourth-order valence-corrected chi connectivity index (χ4v) is 2.44. The monoisotopic (exact) mass is 327 g/mol. The second-order valence-electron chi connectivity index (χ2n) is 7.91. The lowest BCUT2D eigenvalue weighted by atomic mass is 9.97. The van der Waals surface area contributed by atoms with Gasteiger partial charge < -0.3 is 9.47 Å². The molecule has 0 aromatic heterocycles. The third-order valence-electron chi connectivity index (χ3n) is 3.24. The van der Waals surface area contributed by atoms with E-state index in [9.17, 15) is 14.4 Å². The molecule has 6 nitrogen and oxygen atoms in total. The summed E-state index contributed by atoms with van der Waals surface area (Å²) in [6.07, 6.45) is 1.42. The molecule has 23 heavy (non-hydrogen) atoms. The van der Waals surface area contributed by atoms with E-state index in [1.807, 2.05) is 0 Å². The smallest absolute Gasteiger partial charge is 0.410 e. The first-order valence-electron chi connectivity index (χ1n) is 8.13. The molecule has 1 rings (SSSR count). The fraction of sp³-hybridized carbons (Fsp3) is 0.824. The third-order valence-corrected chi connectivity index (χ3v) is 3.24. The lowest BCUT2D eigenvalue weighted by Gasteiger charge is -2.35. The summed E-state index contributed by atoms with van der Waals surface area (Å²) in [5, 5.41) is 0. The summed E-state index contributed by atoms with van der Waals surface area (Å²) in [7, 11) is 0. The minimum Gasteiger partial charge on any atom is -0.460 e. The average molecular weight is 327 g/mol. The second-order valence-corrected chi connectivity index (χ2v) is 7.91. The molecule has 0 aromatic rings. The van der Waals surface area contributed by atoms with Gasteiger partial charge in [0.05, 0.1) is 6.04 Å². The van der Waals surface area contributed by atoms with Crippen molar-refractivity contribution in [2.24, 2.45) is 0 Å². The quantitative estimate of drug-likeness (QED) is 0.588. The number of hydrogen-bond donors (Lipinski definition) is 0. The van der Waals surface area contributed by atoms with Crippen LogP contribution in [0.1, 0.15) is 67.2 Å². The number of nitrogens with zero attached hydrogens (tertiary/aromatic N) is 1. The molecule has 1 aliphatic rings. The Morgan fingerprint density at radius 1 is 0.957 bits per heavy atom. The highest BCUT2D eigenvalue weighted by Crippen LogP contribution is 2.22. The number of ketones is 1. The number of piperidine rings is 1. The van der Waals surface area contributed by atoms with E-state index >= 15 is 0 Å². The maximum absolute atomic E-state index is 12.4. The molecule has 1 amide bonds. The topological polar surface area (TPSA) is 72.9 Å². The van der Waals surface area contributed by atoms with Gasteiger partial charge in [-0.15, -0.1) is 0 Å². The lowest BCUT2D eigenvalue weighted by molar-refractivity contribution is -0.157. The Labute approximate surface area is 138 Å². The molecule has 1 aliphatic heterocycles. The summed E-state index contributed by atoms with van der Waals surface area (Å²) in [4.78, 5) is 38.0. The number of Topliss-reactive ketones (excluding diaryl/α,β-unsaturated/α-hetero) is 1. The Morgan fingerprint density at radius 3 is 2.04 bits per heavy atom. The first-order chi connectivity index (χ1) is 10.4. The van der Waals surface area contributed by atoms with Crippen LogP contribution in [0.2, 0.25) is 0 Å². The SMILES string of the molecule is CC(C)(C)OC(=O)CC(=O)[C@@H]1CCCCN1C(=O)OC(C)(C)C. The third kappa shape index (κ3) is 7.01. The molecular formula is C17H29NO5. The molecule has 0 spiro atoms. The standard InChI is InChI=1S/C17H29NO5/c1-16(2,3)22-14(20)11-13(19)12-9-7-8-10-18(12)15(21)23-17(4,5)6/h12H,7-11H2,1-6H3/t12-/m0/s1. The normalized spacial score (nSPS) is 19.2. The van der Waals surface area contributed by atoms with Crippen LogP contribution in [0.15, 0.2) is 0 Å². The van der Waals surface area contributed by atoms with Gasteiger partial charge in [0.15, 0.2) is 5.78 Å². The number of esters is 1. The number of amides is 1.